The van der Waals surface area contributed by atoms with E-state index in [-0.39, 0.29) is 0 Å². The summed E-state index contributed by atoms with van der Waals surface area (Å²) in [5, 5.41) is 3.49. The summed E-state index contributed by atoms with van der Waals surface area (Å²) in [5.74, 6) is 0. The van der Waals surface area contributed by atoms with E-state index in [1.165, 1.54) is 29.7 Å². The van der Waals surface area contributed by atoms with E-state index in [1.54, 1.807) is 0 Å². The Labute approximate surface area is 89.1 Å². The molecule has 2 aromatic rings. The molecular weight excluding hydrogens is 186 g/mol. The Balaban J connectivity index is 2.15. The molecule has 3 heteroatoms. The molecule has 0 amide bonds. The standard InChI is InChI=1S/C12H15N3/c1-9-4-2-6-11-12(14-8-15(9)11)10-5-3-7-13-10/h2,4,6,8,10,13H,3,5,7H2,1H3. The van der Waals surface area contributed by atoms with Crippen molar-refractivity contribution in [3.8, 4) is 0 Å². The zero-order chi connectivity index (χ0) is 10.3. The molecule has 2 aromatic heterocycles. The van der Waals surface area contributed by atoms with Crippen molar-refractivity contribution in [1.82, 2.24) is 14.7 Å². The van der Waals surface area contributed by atoms with Crippen molar-refractivity contribution < 1.29 is 0 Å². The topological polar surface area (TPSA) is 29.3 Å². The first kappa shape index (κ1) is 8.92. The average Bonchev–Trinajstić information content (AvgIpc) is 2.85. The fourth-order valence-corrected chi connectivity index (χ4v) is 2.36. The molecule has 0 radical (unpaired) electrons. The smallest absolute Gasteiger partial charge is 0.0998 e. The van der Waals surface area contributed by atoms with Crippen molar-refractivity contribution in [1.29, 1.82) is 0 Å². The Bertz CT molecular complexity index is 481. The van der Waals surface area contributed by atoms with E-state index in [9.17, 15) is 0 Å². The molecule has 0 spiro atoms. The molecule has 1 fully saturated rings. The van der Waals surface area contributed by atoms with Crippen molar-refractivity contribution in [3.63, 3.8) is 0 Å². The monoisotopic (exact) mass is 201 g/mol. The van der Waals surface area contributed by atoms with Crippen molar-refractivity contribution in [2.75, 3.05) is 6.54 Å². The van der Waals surface area contributed by atoms with Gasteiger partial charge >= 0.3 is 0 Å². The number of rotatable bonds is 1. The number of nitrogens with one attached hydrogen (secondary N) is 1. The molecule has 3 rings (SSSR count). The van der Waals surface area contributed by atoms with E-state index < -0.39 is 0 Å². The minimum atomic E-state index is 0.455. The largest absolute Gasteiger partial charge is 0.309 e. The quantitative estimate of drug-likeness (QED) is 0.765. The highest BCUT2D eigenvalue weighted by Gasteiger charge is 2.20. The van der Waals surface area contributed by atoms with E-state index in [0.717, 1.165) is 6.54 Å². The Morgan fingerprint density at radius 1 is 1.47 bits per heavy atom. The summed E-state index contributed by atoms with van der Waals surface area (Å²) in [6.45, 7) is 3.23. The van der Waals surface area contributed by atoms with Crippen LogP contribution in [0, 0.1) is 6.92 Å². The predicted octanol–water partition coefficient (Wildman–Crippen LogP) is 2.07. The maximum absolute atomic E-state index is 4.54. The van der Waals surface area contributed by atoms with E-state index in [1.807, 2.05) is 6.33 Å². The van der Waals surface area contributed by atoms with Crippen LogP contribution in [0.1, 0.15) is 30.3 Å². The van der Waals surface area contributed by atoms with Gasteiger partial charge in [0.05, 0.1) is 23.6 Å². The molecule has 1 unspecified atom stereocenters. The van der Waals surface area contributed by atoms with Crippen molar-refractivity contribution in [2.45, 2.75) is 25.8 Å². The SMILES string of the molecule is Cc1cccc2c(C3CCCN3)ncn12. The van der Waals surface area contributed by atoms with Gasteiger partial charge in [0.1, 0.15) is 0 Å². The summed E-state index contributed by atoms with van der Waals surface area (Å²) < 4.78 is 2.16. The fourth-order valence-electron chi connectivity index (χ4n) is 2.36. The van der Waals surface area contributed by atoms with Gasteiger partial charge in [-0.15, -0.1) is 0 Å². The third kappa shape index (κ3) is 1.35. The van der Waals surface area contributed by atoms with Crippen LogP contribution in [0.15, 0.2) is 24.5 Å². The van der Waals surface area contributed by atoms with Crippen LogP contribution in [0.5, 0.6) is 0 Å². The van der Waals surface area contributed by atoms with E-state index in [4.69, 9.17) is 0 Å². The molecule has 1 aliphatic heterocycles. The summed E-state index contributed by atoms with van der Waals surface area (Å²) in [5.41, 5.74) is 3.69. The highest BCUT2D eigenvalue weighted by molar-refractivity contribution is 5.54. The molecular formula is C12H15N3. The fraction of sp³-hybridized carbons (Fsp3) is 0.417. The number of aromatic nitrogens is 2. The number of imidazole rings is 1. The van der Waals surface area contributed by atoms with E-state index in [2.05, 4.69) is 39.8 Å². The zero-order valence-corrected chi connectivity index (χ0v) is 8.90. The van der Waals surface area contributed by atoms with Gasteiger partial charge in [-0.05, 0) is 38.4 Å². The molecule has 1 atom stereocenters. The van der Waals surface area contributed by atoms with Crippen LogP contribution in [0.3, 0.4) is 0 Å². The lowest BCUT2D eigenvalue weighted by Crippen LogP contribution is -2.13. The molecule has 1 N–H and O–H groups in total. The maximum atomic E-state index is 4.54. The van der Waals surface area contributed by atoms with E-state index in [0.29, 0.717) is 6.04 Å². The summed E-state index contributed by atoms with van der Waals surface area (Å²) >= 11 is 0. The molecule has 0 saturated carbocycles. The van der Waals surface area contributed by atoms with Gasteiger partial charge in [-0.1, -0.05) is 6.07 Å². The molecule has 1 aliphatic rings. The van der Waals surface area contributed by atoms with Crippen molar-refractivity contribution in [2.24, 2.45) is 0 Å². The Kier molecular flexibility index (Phi) is 1.99. The second kappa shape index (κ2) is 3.35. The molecule has 3 nitrogen and oxygen atoms in total. The van der Waals surface area contributed by atoms with Crippen LogP contribution in [0.2, 0.25) is 0 Å². The summed E-state index contributed by atoms with van der Waals surface area (Å²) in [7, 11) is 0. The van der Waals surface area contributed by atoms with E-state index >= 15 is 0 Å². The van der Waals surface area contributed by atoms with Gasteiger partial charge in [-0.3, -0.25) is 0 Å². The molecule has 15 heavy (non-hydrogen) atoms. The van der Waals surface area contributed by atoms with Gasteiger partial charge in [0, 0.05) is 5.69 Å². The molecule has 1 saturated heterocycles. The minimum absolute atomic E-state index is 0.455. The van der Waals surface area contributed by atoms with Crippen LogP contribution < -0.4 is 5.32 Å². The number of pyridine rings is 1. The Morgan fingerprint density at radius 2 is 2.40 bits per heavy atom. The normalized spacial score (nSPS) is 21.3. The second-order valence-corrected chi connectivity index (χ2v) is 4.20. The number of fused-ring (bicyclic) bond motifs is 1. The van der Waals surface area contributed by atoms with Gasteiger partial charge in [0.15, 0.2) is 0 Å². The molecule has 0 aromatic carbocycles. The van der Waals surface area contributed by atoms with Crippen LogP contribution in [0.25, 0.3) is 5.52 Å². The first-order valence-corrected chi connectivity index (χ1v) is 5.52. The predicted molar refractivity (Wildman–Crippen MR) is 59.9 cm³/mol. The second-order valence-electron chi connectivity index (χ2n) is 4.20. The summed E-state index contributed by atoms with van der Waals surface area (Å²) in [4.78, 5) is 4.54. The molecule has 78 valence electrons. The molecule has 0 bridgehead atoms. The number of nitrogens with zero attached hydrogens (tertiary/aromatic N) is 2. The lowest BCUT2D eigenvalue weighted by Gasteiger charge is -2.07. The minimum Gasteiger partial charge on any atom is -0.309 e. The summed E-state index contributed by atoms with van der Waals surface area (Å²) in [6, 6.07) is 6.82. The third-order valence-electron chi connectivity index (χ3n) is 3.20. The number of aryl methyl sites for hydroxylation is 1. The summed E-state index contributed by atoms with van der Waals surface area (Å²) in [6.07, 6.45) is 4.40. The Hall–Kier alpha value is -1.35. The molecule has 3 heterocycles. The Morgan fingerprint density at radius 3 is 3.20 bits per heavy atom. The van der Waals surface area contributed by atoms with Gasteiger partial charge in [0.25, 0.3) is 0 Å². The zero-order valence-electron chi connectivity index (χ0n) is 8.90. The van der Waals surface area contributed by atoms with Crippen molar-refractivity contribution >= 4 is 5.52 Å². The first-order valence-electron chi connectivity index (χ1n) is 5.52. The highest BCUT2D eigenvalue weighted by atomic mass is 15.0. The lowest BCUT2D eigenvalue weighted by molar-refractivity contribution is 0.636. The van der Waals surface area contributed by atoms with Gasteiger partial charge in [-0.25, -0.2) is 4.98 Å². The maximum Gasteiger partial charge on any atom is 0.0998 e. The van der Waals surface area contributed by atoms with Gasteiger partial charge < -0.3 is 9.72 Å². The van der Waals surface area contributed by atoms with Crippen LogP contribution in [-0.2, 0) is 0 Å². The first-order chi connectivity index (χ1) is 7.36. The average molecular weight is 201 g/mol. The van der Waals surface area contributed by atoms with Crippen molar-refractivity contribution in [3.05, 3.63) is 35.9 Å². The number of hydrogen-bond acceptors (Lipinski definition) is 2. The molecule has 0 aliphatic carbocycles. The van der Waals surface area contributed by atoms with Crippen LogP contribution >= 0.6 is 0 Å². The van der Waals surface area contributed by atoms with Gasteiger partial charge in [-0.2, -0.15) is 0 Å². The van der Waals surface area contributed by atoms with Crippen LogP contribution in [0.4, 0.5) is 0 Å². The highest BCUT2D eigenvalue weighted by Crippen LogP contribution is 2.25. The lowest BCUT2D eigenvalue weighted by atomic mass is 10.1. The number of hydrogen-bond donors (Lipinski definition) is 1. The third-order valence-corrected chi connectivity index (χ3v) is 3.20. The van der Waals surface area contributed by atoms with Gasteiger partial charge in [0.2, 0.25) is 0 Å². The van der Waals surface area contributed by atoms with Crippen LogP contribution in [-0.4, -0.2) is 15.9 Å².